The van der Waals surface area contributed by atoms with Crippen LogP contribution in [0, 0.1) is 0 Å². The maximum absolute atomic E-state index is 13.4. The van der Waals surface area contributed by atoms with Crippen LogP contribution in [-0.4, -0.2) is 33.3 Å². The molecule has 1 atom stereocenters. The molecular weight excluding hydrogens is 464 g/mol. The molecule has 0 saturated carbocycles. The number of amides is 1. The third-order valence-corrected chi connectivity index (χ3v) is 6.74. The van der Waals surface area contributed by atoms with E-state index in [4.69, 9.17) is 4.74 Å². The number of aliphatic hydroxyl groups is 1. The van der Waals surface area contributed by atoms with E-state index in [1.54, 1.807) is 24.5 Å². The fraction of sp³-hybridized carbons (Fsp3) is 0.323. The fourth-order valence-electron chi connectivity index (χ4n) is 4.73. The number of benzene rings is 2. The minimum Gasteiger partial charge on any atom is -0.507 e. The Morgan fingerprint density at radius 2 is 1.76 bits per heavy atom. The summed E-state index contributed by atoms with van der Waals surface area (Å²) in [6.45, 7) is 11.0. The number of pyridine rings is 1. The molecule has 37 heavy (non-hydrogen) atoms. The second-order valence-corrected chi connectivity index (χ2v) is 9.95. The molecule has 1 fully saturated rings. The quantitative estimate of drug-likeness (QED) is 0.222. The van der Waals surface area contributed by atoms with Crippen LogP contribution < -0.4 is 4.74 Å². The molecule has 2 aromatic carbocycles. The lowest BCUT2D eigenvalue weighted by Crippen LogP contribution is -2.29. The first-order chi connectivity index (χ1) is 17.7. The lowest BCUT2D eigenvalue weighted by atomic mass is 9.92. The molecule has 4 rings (SSSR count). The van der Waals surface area contributed by atoms with Crippen LogP contribution in [0.3, 0.4) is 0 Å². The molecule has 0 aliphatic carbocycles. The van der Waals surface area contributed by atoms with Crippen molar-refractivity contribution in [3.63, 3.8) is 0 Å². The SMILES string of the molecule is CCOc1ccc(/C(O)=C2/C(=O)C(=O)N(Cc3cccnc3)C2c2ccc(C(C)C)cc2)cc1C(C)C. The molecule has 1 aliphatic rings. The molecule has 1 aromatic heterocycles. The molecule has 1 saturated heterocycles. The topological polar surface area (TPSA) is 79.7 Å². The van der Waals surface area contributed by atoms with E-state index in [-0.39, 0.29) is 23.8 Å². The van der Waals surface area contributed by atoms with E-state index in [9.17, 15) is 14.7 Å². The van der Waals surface area contributed by atoms with Gasteiger partial charge in [0.15, 0.2) is 0 Å². The Hall–Kier alpha value is -3.93. The number of carbonyl (C=O) groups excluding carboxylic acids is 2. The minimum absolute atomic E-state index is 0.0880. The highest BCUT2D eigenvalue weighted by Gasteiger charge is 2.46. The van der Waals surface area contributed by atoms with E-state index in [0.717, 1.165) is 28.0 Å². The average Bonchev–Trinajstić information content (AvgIpc) is 3.14. The highest BCUT2D eigenvalue weighted by atomic mass is 16.5. The van der Waals surface area contributed by atoms with Crippen LogP contribution in [0.5, 0.6) is 5.75 Å². The van der Waals surface area contributed by atoms with Crippen LogP contribution in [0.15, 0.2) is 72.6 Å². The highest BCUT2D eigenvalue weighted by Crippen LogP contribution is 2.41. The molecule has 1 aliphatic heterocycles. The lowest BCUT2D eigenvalue weighted by molar-refractivity contribution is -0.140. The fourth-order valence-corrected chi connectivity index (χ4v) is 4.73. The van der Waals surface area contributed by atoms with Gasteiger partial charge in [0, 0.05) is 24.5 Å². The van der Waals surface area contributed by atoms with Crippen LogP contribution >= 0.6 is 0 Å². The molecule has 2 heterocycles. The number of hydrogen-bond donors (Lipinski definition) is 1. The maximum Gasteiger partial charge on any atom is 0.295 e. The smallest absolute Gasteiger partial charge is 0.295 e. The van der Waals surface area contributed by atoms with E-state index >= 15 is 0 Å². The molecule has 1 N–H and O–H groups in total. The van der Waals surface area contributed by atoms with Gasteiger partial charge in [0.1, 0.15) is 11.5 Å². The van der Waals surface area contributed by atoms with Crippen LogP contribution in [0.1, 0.15) is 80.3 Å². The van der Waals surface area contributed by atoms with Gasteiger partial charge in [-0.05, 0) is 65.3 Å². The van der Waals surface area contributed by atoms with Gasteiger partial charge >= 0.3 is 0 Å². The Balaban J connectivity index is 1.86. The van der Waals surface area contributed by atoms with E-state index in [1.807, 2.05) is 63.2 Å². The van der Waals surface area contributed by atoms with Crippen molar-refractivity contribution in [2.45, 2.75) is 59.0 Å². The van der Waals surface area contributed by atoms with Gasteiger partial charge in [0.2, 0.25) is 0 Å². The number of nitrogens with zero attached hydrogens (tertiary/aromatic N) is 2. The molecule has 6 heteroatoms. The van der Waals surface area contributed by atoms with Crippen molar-refractivity contribution in [3.05, 3.63) is 100 Å². The Bertz CT molecular complexity index is 1310. The van der Waals surface area contributed by atoms with E-state index in [0.29, 0.717) is 18.1 Å². The number of hydrogen-bond acceptors (Lipinski definition) is 5. The van der Waals surface area contributed by atoms with Gasteiger partial charge in [-0.2, -0.15) is 0 Å². The minimum atomic E-state index is -0.726. The van der Waals surface area contributed by atoms with Crippen LogP contribution in [0.4, 0.5) is 0 Å². The Labute approximate surface area is 218 Å². The molecule has 3 aromatic rings. The van der Waals surface area contributed by atoms with Gasteiger partial charge in [-0.15, -0.1) is 0 Å². The highest BCUT2D eigenvalue weighted by molar-refractivity contribution is 6.46. The summed E-state index contributed by atoms with van der Waals surface area (Å²) in [4.78, 5) is 32.4. The first-order valence-corrected chi connectivity index (χ1v) is 12.8. The number of ketones is 1. The van der Waals surface area contributed by atoms with Crippen LogP contribution in [0.25, 0.3) is 5.76 Å². The molecule has 6 nitrogen and oxygen atoms in total. The summed E-state index contributed by atoms with van der Waals surface area (Å²) < 4.78 is 5.77. The zero-order valence-corrected chi connectivity index (χ0v) is 22.1. The van der Waals surface area contributed by atoms with E-state index in [2.05, 4.69) is 18.8 Å². The second kappa shape index (κ2) is 11.0. The Morgan fingerprint density at radius 1 is 1.03 bits per heavy atom. The number of rotatable bonds is 8. The third-order valence-electron chi connectivity index (χ3n) is 6.74. The maximum atomic E-state index is 13.4. The first-order valence-electron chi connectivity index (χ1n) is 12.8. The predicted octanol–water partition coefficient (Wildman–Crippen LogP) is 6.35. The van der Waals surface area contributed by atoms with Gasteiger partial charge in [-0.3, -0.25) is 14.6 Å². The monoisotopic (exact) mass is 498 g/mol. The largest absolute Gasteiger partial charge is 0.507 e. The molecule has 0 bridgehead atoms. The summed E-state index contributed by atoms with van der Waals surface area (Å²) in [5.74, 6) is -0.296. The number of likely N-dealkylation sites (tertiary alicyclic amines) is 1. The summed E-state index contributed by atoms with van der Waals surface area (Å²) in [6, 6.07) is 16.2. The van der Waals surface area contributed by atoms with Gasteiger partial charge in [0.05, 0.1) is 18.2 Å². The van der Waals surface area contributed by atoms with Gasteiger partial charge in [-0.1, -0.05) is 58.0 Å². The summed E-state index contributed by atoms with van der Waals surface area (Å²) in [5, 5.41) is 11.5. The van der Waals surface area contributed by atoms with Crippen molar-refractivity contribution in [2.75, 3.05) is 6.61 Å². The normalized spacial score (nSPS) is 17.2. The van der Waals surface area contributed by atoms with Gasteiger partial charge in [-0.25, -0.2) is 0 Å². The average molecular weight is 499 g/mol. The summed E-state index contributed by atoms with van der Waals surface area (Å²) in [5.41, 5.74) is 4.22. The van der Waals surface area contributed by atoms with Gasteiger partial charge in [0.25, 0.3) is 11.7 Å². The number of carbonyl (C=O) groups is 2. The molecule has 0 spiro atoms. The lowest BCUT2D eigenvalue weighted by Gasteiger charge is -2.26. The Kier molecular flexibility index (Phi) is 7.77. The summed E-state index contributed by atoms with van der Waals surface area (Å²) in [6.07, 6.45) is 3.34. The van der Waals surface area contributed by atoms with E-state index in [1.165, 1.54) is 4.90 Å². The number of aromatic nitrogens is 1. The van der Waals surface area contributed by atoms with Crippen molar-refractivity contribution < 1.29 is 19.4 Å². The number of aliphatic hydroxyl groups excluding tert-OH is 1. The van der Waals surface area contributed by atoms with Crippen molar-refractivity contribution >= 4 is 17.4 Å². The van der Waals surface area contributed by atoms with Crippen molar-refractivity contribution in [2.24, 2.45) is 0 Å². The van der Waals surface area contributed by atoms with Crippen molar-refractivity contribution in [1.82, 2.24) is 9.88 Å². The predicted molar refractivity (Wildman–Crippen MR) is 144 cm³/mol. The summed E-state index contributed by atoms with van der Waals surface area (Å²) in [7, 11) is 0. The van der Waals surface area contributed by atoms with E-state index < -0.39 is 17.7 Å². The molecule has 1 unspecified atom stereocenters. The number of ether oxygens (including phenoxy) is 1. The molecule has 0 radical (unpaired) electrons. The second-order valence-electron chi connectivity index (χ2n) is 9.95. The van der Waals surface area contributed by atoms with Crippen LogP contribution in [0.2, 0.25) is 0 Å². The third kappa shape index (κ3) is 5.29. The number of Topliss-reactive ketones (excluding diaryl/α,β-unsaturated/α-hetero) is 1. The standard InChI is InChI=1S/C31H34N2O4/c1-6-37-26-14-13-24(16-25(26)20(4)5)29(34)27-28(23-11-9-22(10-12-23)19(2)3)33(31(36)30(27)35)18-21-8-7-15-32-17-21/h7-17,19-20,28,34H,6,18H2,1-5H3/b29-27-. The van der Waals surface area contributed by atoms with Crippen molar-refractivity contribution in [3.8, 4) is 5.75 Å². The summed E-state index contributed by atoms with van der Waals surface area (Å²) >= 11 is 0. The molecule has 1 amide bonds. The molecule has 192 valence electrons. The molecular formula is C31H34N2O4. The van der Waals surface area contributed by atoms with Gasteiger partial charge < -0.3 is 14.7 Å². The van der Waals surface area contributed by atoms with Crippen LogP contribution in [-0.2, 0) is 16.1 Å². The Morgan fingerprint density at radius 3 is 2.35 bits per heavy atom. The first kappa shape index (κ1) is 26.1. The van der Waals surface area contributed by atoms with Crippen molar-refractivity contribution in [1.29, 1.82) is 0 Å². The zero-order chi connectivity index (χ0) is 26.7. The zero-order valence-electron chi connectivity index (χ0n) is 22.1.